The van der Waals surface area contributed by atoms with E-state index in [2.05, 4.69) is 22.2 Å². The van der Waals surface area contributed by atoms with Gasteiger partial charge >= 0.3 is 5.97 Å². The summed E-state index contributed by atoms with van der Waals surface area (Å²) in [6.07, 6.45) is 0.720. The molecule has 8 heteroatoms. The van der Waals surface area contributed by atoms with Crippen LogP contribution < -0.4 is 10.6 Å². The van der Waals surface area contributed by atoms with Gasteiger partial charge in [-0.1, -0.05) is 6.08 Å². The van der Waals surface area contributed by atoms with Crippen molar-refractivity contribution >= 4 is 39.8 Å². The Hall–Kier alpha value is -3.00. The Bertz CT molecular complexity index is 814. The normalized spacial score (nSPS) is 11.3. The first kappa shape index (κ1) is 19.3. The molecule has 0 aliphatic carbocycles. The quantitative estimate of drug-likeness (QED) is 0.419. The van der Waals surface area contributed by atoms with Gasteiger partial charge in [0, 0.05) is 30.1 Å². The van der Waals surface area contributed by atoms with E-state index in [1.54, 1.807) is 35.7 Å². The fourth-order valence-corrected chi connectivity index (χ4v) is 2.73. The number of carbonyl (C=O) groups excluding carboxylic acids is 3. The monoisotopic (exact) mass is 373 g/mol. The van der Waals surface area contributed by atoms with Crippen LogP contribution in [0.4, 0.5) is 10.8 Å². The SMILES string of the molecule is C=CCNc1nc(C(=O)OC(C)C(=O)c2ccc(NC(C)=O)cc2)cs1. The maximum absolute atomic E-state index is 12.4. The van der Waals surface area contributed by atoms with Crippen molar-refractivity contribution in [2.45, 2.75) is 20.0 Å². The molecule has 1 heterocycles. The second-order valence-electron chi connectivity index (χ2n) is 5.38. The molecule has 0 saturated carbocycles. The number of aromatic nitrogens is 1. The summed E-state index contributed by atoms with van der Waals surface area (Å²) in [6, 6.07) is 6.36. The molecular weight excluding hydrogens is 354 g/mol. The number of carbonyl (C=O) groups is 3. The highest BCUT2D eigenvalue weighted by atomic mass is 32.1. The second-order valence-corrected chi connectivity index (χ2v) is 6.24. The van der Waals surface area contributed by atoms with Crippen LogP contribution in [0.25, 0.3) is 0 Å². The molecule has 1 aromatic heterocycles. The first-order valence-corrected chi connectivity index (χ1v) is 8.72. The Balaban J connectivity index is 1.97. The van der Waals surface area contributed by atoms with Crippen molar-refractivity contribution in [3.8, 4) is 0 Å². The molecule has 136 valence electrons. The van der Waals surface area contributed by atoms with Crippen molar-refractivity contribution in [3.05, 3.63) is 53.6 Å². The Kier molecular flexibility index (Phi) is 6.62. The van der Waals surface area contributed by atoms with E-state index in [1.807, 2.05) is 0 Å². The third-order valence-corrected chi connectivity index (χ3v) is 4.05. The summed E-state index contributed by atoms with van der Waals surface area (Å²) in [4.78, 5) is 39.6. The Morgan fingerprint density at radius 3 is 2.62 bits per heavy atom. The van der Waals surface area contributed by atoms with Crippen LogP contribution in [-0.2, 0) is 9.53 Å². The Morgan fingerprint density at radius 1 is 1.31 bits per heavy atom. The van der Waals surface area contributed by atoms with Gasteiger partial charge in [-0.3, -0.25) is 9.59 Å². The van der Waals surface area contributed by atoms with Crippen LogP contribution in [0.15, 0.2) is 42.3 Å². The van der Waals surface area contributed by atoms with Crippen molar-refractivity contribution in [2.75, 3.05) is 17.2 Å². The molecule has 2 N–H and O–H groups in total. The molecule has 1 amide bonds. The number of nitrogens with one attached hydrogen (secondary N) is 2. The van der Waals surface area contributed by atoms with E-state index in [1.165, 1.54) is 25.2 Å². The molecule has 0 spiro atoms. The standard InChI is InChI=1S/C18H19N3O4S/c1-4-9-19-18-21-15(10-26-18)17(24)25-11(2)16(23)13-5-7-14(8-6-13)20-12(3)22/h4-8,10-11H,1,9H2,2-3H3,(H,19,21)(H,20,22). The van der Waals surface area contributed by atoms with Crippen LogP contribution in [-0.4, -0.2) is 35.3 Å². The third-order valence-electron chi connectivity index (χ3n) is 3.25. The van der Waals surface area contributed by atoms with E-state index >= 15 is 0 Å². The molecule has 1 unspecified atom stereocenters. The first-order valence-electron chi connectivity index (χ1n) is 7.84. The number of thiazole rings is 1. The number of hydrogen-bond acceptors (Lipinski definition) is 7. The molecule has 0 aliphatic rings. The number of ketones is 1. The number of benzene rings is 1. The molecular formula is C18H19N3O4S. The lowest BCUT2D eigenvalue weighted by Gasteiger charge is -2.12. The van der Waals surface area contributed by atoms with Crippen molar-refractivity contribution in [2.24, 2.45) is 0 Å². The van der Waals surface area contributed by atoms with E-state index in [0.717, 1.165) is 0 Å². The van der Waals surface area contributed by atoms with Gasteiger partial charge in [-0.05, 0) is 31.2 Å². The largest absolute Gasteiger partial charge is 0.450 e. The van der Waals surface area contributed by atoms with Crippen molar-refractivity contribution in [1.29, 1.82) is 0 Å². The average Bonchev–Trinajstić information content (AvgIpc) is 3.08. The van der Waals surface area contributed by atoms with E-state index < -0.39 is 12.1 Å². The zero-order valence-electron chi connectivity index (χ0n) is 14.4. The van der Waals surface area contributed by atoms with E-state index in [4.69, 9.17) is 4.74 Å². The van der Waals surface area contributed by atoms with Gasteiger partial charge in [0.05, 0.1) is 0 Å². The van der Waals surface area contributed by atoms with Crippen LogP contribution in [0.5, 0.6) is 0 Å². The lowest BCUT2D eigenvalue weighted by atomic mass is 10.1. The van der Waals surface area contributed by atoms with Crippen LogP contribution >= 0.6 is 11.3 Å². The number of anilines is 2. The fraction of sp³-hybridized carbons (Fsp3) is 0.222. The molecule has 1 aromatic carbocycles. The average molecular weight is 373 g/mol. The molecule has 1 atom stereocenters. The zero-order chi connectivity index (χ0) is 19.1. The van der Waals surface area contributed by atoms with Crippen LogP contribution in [0.1, 0.15) is 34.7 Å². The minimum atomic E-state index is -0.958. The highest BCUT2D eigenvalue weighted by Crippen LogP contribution is 2.17. The van der Waals surface area contributed by atoms with E-state index in [-0.39, 0.29) is 17.4 Å². The lowest BCUT2D eigenvalue weighted by molar-refractivity contribution is -0.114. The summed E-state index contributed by atoms with van der Waals surface area (Å²) in [5.41, 5.74) is 1.11. The van der Waals surface area contributed by atoms with Crippen molar-refractivity contribution in [3.63, 3.8) is 0 Å². The first-order chi connectivity index (χ1) is 12.4. The second kappa shape index (κ2) is 8.91. The van der Waals surface area contributed by atoms with Gasteiger partial charge in [0.25, 0.3) is 0 Å². The number of rotatable bonds is 8. The molecule has 0 radical (unpaired) electrons. The summed E-state index contributed by atoms with van der Waals surface area (Å²) >= 11 is 1.27. The number of esters is 1. The van der Waals surface area contributed by atoms with Crippen LogP contribution in [0.2, 0.25) is 0 Å². The molecule has 2 rings (SSSR count). The summed E-state index contributed by atoms with van der Waals surface area (Å²) in [5.74, 6) is -1.20. The van der Waals surface area contributed by atoms with Gasteiger partial charge in [-0.15, -0.1) is 17.9 Å². The predicted octanol–water partition coefficient (Wildman–Crippen LogP) is 3.13. The Morgan fingerprint density at radius 2 is 2.00 bits per heavy atom. The fourth-order valence-electron chi connectivity index (χ4n) is 2.04. The van der Waals surface area contributed by atoms with Gasteiger partial charge in [0.1, 0.15) is 0 Å². The summed E-state index contributed by atoms with van der Waals surface area (Å²) in [6.45, 7) is 7.03. The highest BCUT2D eigenvalue weighted by molar-refractivity contribution is 7.13. The molecule has 0 fully saturated rings. The maximum Gasteiger partial charge on any atom is 0.358 e. The van der Waals surface area contributed by atoms with Gasteiger partial charge in [0.2, 0.25) is 11.7 Å². The molecule has 7 nitrogen and oxygen atoms in total. The predicted molar refractivity (Wildman–Crippen MR) is 101 cm³/mol. The molecule has 2 aromatic rings. The van der Waals surface area contributed by atoms with E-state index in [0.29, 0.717) is 22.9 Å². The lowest BCUT2D eigenvalue weighted by Crippen LogP contribution is -2.24. The van der Waals surface area contributed by atoms with Gasteiger partial charge < -0.3 is 15.4 Å². The summed E-state index contributed by atoms with van der Waals surface area (Å²) in [7, 11) is 0. The molecule has 0 saturated heterocycles. The van der Waals surface area contributed by atoms with Gasteiger partial charge in [-0.25, -0.2) is 9.78 Å². The maximum atomic E-state index is 12.4. The molecule has 0 aliphatic heterocycles. The number of Topliss-reactive ketones (excluding diaryl/α,β-unsaturated/α-hetero) is 1. The van der Waals surface area contributed by atoms with Gasteiger partial charge in [-0.2, -0.15) is 0 Å². The van der Waals surface area contributed by atoms with Crippen LogP contribution in [0, 0.1) is 0 Å². The summed E-state index contributed by atoms with van der Waals surface area (Å²) < 4.78 is 5.20. The van der Waals surface area contributed by atoms with Crippen molar-refractivity contribution in [1.82, 2.24) is 4.98 Å². The topological polar surface area (TPSA) is 97.4 Å². The summed E-state index contributed by atoms with van der Waals surface area (Å²) in [5, 5.41) is 7.73. The number of nitrogens with zero attached hydrogens (tertiary/aromatic N) is 1. The van der Waals surface area contributed by atoms with E-state index in [9.17, 15) is 14.4 Å². The smallest absolute Gasteiger partial charge is 0.358 e. The molecule has 0 bridgehead atoms. The number of hydrogen-bond donors (Lipinski definition) is 2. The minimum Gasteiger partial charge on any atom is -0.450 e. The number of ether oxygens (including phenoxy) is 1. The Labute approximate surface area is 155 Å². The van der Waals surface area contributed by atoms with Crippen LogP contribution in [0.3, 0.4) is 0 Å². The third kappa shape index (κ3) is 5.25. The molecule has 26 heavy (non-hydrogen) atoms. The highest BCUT2D eigenvalue weighted by Gasteiger charge is 2.22. The zero-order valence-corrected chi connectivity index (χ0v) is 15.3. The van der Waals surface area contributed by atoms with Crippen molar-refractivity contribution < 1.29 is 19.1 Å². The number of amides is 1. The van der Waals surface area contributed by atoms with Gasteiger partial charge in [0.15, 0.2) is 16.9 Å². The minimum absolute atomic E-state index is 0.141.